The van der Waals surface area contributed by atoms with Gasteiger partial charge in [-0.15, -0.1) is 24.0 Å². The van der Waals surface area contributed by atoms with E-state index in [0.29, 0.717) is 38.5 Å². The Morgan fingerprint density at radius 2 is 1.83 bits per heavy atom. The molecule has 3 rings (SSSR count). The van der Waals surface area contributed by atoms with Crippen LogP contribution in [0.15, 0.2) is 52.1 Å². The van der Waals surface area contributed by atoms with Gasteiger partial charge in [0.1, 0.15) is 0 Å². The van der Waals surface area contributed by atoms with Gasteiger partial charge < -0.3 is 19.5 Å². The van der Waals surface area contributed by atoms with Gasteiger partial charge in [0.25, 0.3) is 11.6 Å². The second-order valence-electron chi connectivity index (χ2n) is 6.75. The summed E-state index contributed by atoms with van der Waals surface area (Å²) in [4.78, 5) is 31.4. The van der Waals surface area contributed by atoms with Gasteiger partial charge in [-0.1, -0.05) is 19.1 Å². The molecule has 1 aliphatic rings. The van der Waals surface area contributed by atoms with Crippen LogP contribution in [0.2, 0.25) is 0 Å². The first-order chi connectivity index (χ1) is 14.1. The number of hydrogen-bond donors (Lipinski definition) is 1. The molecule has 0 unspecified atom stereocenters. The summed E-state index contributed by atoms with van der Waals surface area (Å²) in [5, 5.41) is 14.1. The van der Waals surface area contributed by atoms with Crippen molar-refractivity contribution in [2.75, 3.05) is 32.7 Å². The molecule has 0 atom stereocenters. The van der Waals surface area contributed by atoms with E-state index in [4.69, 9.17) is 4.42 Å². The van der Waals surface area contributed by atoms with E-state index in [0.717, 1.165) is 24.5 Å². The highest BCUT2D eigenvalue weighted by atomic mass is 127. The summed E-state index contributed by atoms with van der Waals surface area (Å²) in [5.41, 5.74) is 0.970. The average molecular weight is 527 g/mol. The maximum atomic E-state index is 12.4. The number of nitrogens with zero attached hydrogens (tertiary/aromatic N) is 4. The summed E-state index contributed by atoms with van der Waals surface area (Å²) in [6.45, 7) is 5.82. The van der Waals surface area contributed by atoms with E-state index in [1.165, 1.54) is 18.4 Å². The summed E-state index contributed by atoms with van der Waals surface area (Å²) in [6.07, 6.45) is 2.47. The van der Waals surface area contributed by atoms with Crippen LogP contribution in [0.25, 0.3) is 0 Å². The van der Waals surface area contributed by atoms with Crippen molar-refractivity contribution < 1.29 is 14.1 Å². The van der Waals surface area contributed by atoms with E-state index in [9.17, 15) is 14.9 Å². The lowest BCUT2D eigenvalue weighted by molar-refractivity contribution is -0.384. The molecule has 0 aliphatic carbocycles. The number of rotatable bonds is 6. The van der Waals surface area contributed by atoms with Gasteiger partial charge in [0.15, 0.2) is 11.7 Å². The highest BCUT2D eigenvalue weighted by Gasteiger charge is 2.25. The highest BCUT2D eigenvalue weighted by molar-refractivity contribution is 14.0. The second-order valence-corrected chi connectivity index (χ2v) is 6.75. The molecular formula is C20H26IN5O4. The molecule has 0 radical (unpaired) electrons. The molecule has 1 aromatic heterocycles. The molecule has 0 spiro atoms. The summed E-state index contributed by atoms with van der Waals surface area (Å²) >= 11 is 0. The van der Waals surface area contributed by atoms with E-state index < -0.39 is 4.92 Å². The van der Waals surface area contributed by atoms with Crippen LogP contribution in [0, 0.1) is 10.1 Å². The third-order valence-electron chi connectivity index (χ3n) is 4.69. The van der Waals surface area contributed by atoms with Crippen LogP contribution in [0.1, 0.15) is 29.5 Å². The van der Waals surface area contributed by atoms with Gasteiger partial charge in [0.05, 0.1) is 17.7 Å². The van der Waals surface area contributed by atoms with Gasteiger partial charge in [0, 0.05) is 44.9 Å². The van der Waals surface area contributed by atoms with E-state index in [1.807, 2.05) is 0 Å². The van der Waals surface area contributed by atoms with Crippen molar-refractivity contribution in [1.82, 2.24) is 15.1 Å². The molecule has 2 heterocycles. The number of nitrogens with one attached hydrogen (secondary N) is 1. The molecular weight excluding hydrogens is 501 g/mol. The van der Waals surface area contributed by atoms with E-state index in [-0.39, 0.29) is 35.6 Å². The van der Waals surface area contributed by atoms with Crippen LogP contribution >= 0.6 is 24.0 Å². The molecule has 1 saturated heterocycles. The molecule has 1 fully saturated rings. The number of hydrogen-bond acceptors (Lipinski definition) is 5. The number of benzene rings is 1. The fourth-order valence-electron chi connectivity index (χ4n) is 3.07. The van der Waals surface area contributed by atoms with E-state index >= 15 is 0 Å². The number of carbonyl (C=O) groups excluding carboxylic acids is 1. The van der Waals surface area contributed by atoms with Gasteiger partial charge in [-0.05, 0) is 24.1 Å². The lowest BCUT2D eigenvalue weighted by atomic mass is 10.2. The van der Waals surface area contributed by atoms with Crippen molar-refractivity contribution in [3.8, 4) is 0 Å². The number of nitro benzene ring substituents is 1. The fraction of sp³-hybridized carbons (Fsp3) is 0.400. The fourth-order valence-corrected chi connectivity index (χ4v) is 3.07. The van der Waals surface area contributed by atoms with Crippen molar-refractivity contribution in [2.45, 2.75) is 19.9 Å². The van der Waals surface area contributed by atoms with Crippen LogP contribution in [0.5, 0.6) is 0 Å². The Kier molecular flexibility index (Phi) is 9.09. The zero-order chi connectivity index (χ0) is 20.6. The van der Waals surface area contributed by atoms with Crippen LogP contribution in [0.3, 0.4) is 0 Å². The Morgan fingerprint density at radius 3 is 2.40 bits per heavy atom. The van der Waals surface area contributed by atoms with Crippen molar-refractivity contribution in [3.63, 3.8) is 0 Å². The predicted octanol–water partition coefficient (Wildman–Crippen LogP) is 3.12. The summed E-state index contributed by atoms with van der Waals surface area (Å²) in [6, 6.07) is 9.81. The summed E-state index contributed by atoms with van der Waals surface area (Å²) in [5.74, 6) is 1.05. The van der Waals surface area contributed by atoms with E-state index in [1.54, 1.807) is 29.2 Å². The summed E-state index contributed by atoms with van der Waals surface area (Å²) < 4.78 is 5.20. The van der Waals surface area contributed by atoms with Gasteiger partial charge in [-0.25, -0.2) is 4.99 Å². The molecule has 162 valence electrons. The van der Waals surface area contributed by atoms with Crippen molar-refractivity contribution in [1.29, 1.82) is 0 Å². The lowest BCUT2D eigenvalue weighted by Crippen LogP contribution is -2.53. The first-order valence-corrected chi connectivity index (χ1v) is 9.68. The number of amides is 1. The first-order valence-electron chi connectivity index (χ1n) is 9.68. The van der Waals surface area contributed by atoms with E-state index in [2.05, 4.69) is 22.1 Å². The van der Waals surface area contributed by atoms with Gasteiger partial charge >= 0.3 is 0 Å². The van der Waals surface area contributed by atoms with Gasteiger partial charge in [-0.2, -0.15) is 0 Å². The molecule has 2 aromatic rings. The average Bonchev–Trinajstić information content (AvgIpc) is 3.29. The predicted molar refractivity (Wildman–Crippen MR) is 124 cm³/mol. The third kappa shape index (κ3) is 6.18. The van der Waals surface area contributed by atoms with Crippen LogP contribution < -0.4 is 5.32 Å². The lowest BCUT2D eigenvalue weighted by Gasteiger charge is -2.36. The van der Waals surface area contributed by atoms with Crippen molar-refractivity contribution in [2.24, 2.45) is 4.99 Å². The largest absolute Gasteiger partial charge is 0.459 e. The molecule has 1 amide bonds. The molecule has 0 bridgehead atoms. The molecule has 1 N–H and O–H groups in total. The Labute approximate surface area is 192 Å². The molecule has 10 heteroatoms. The number of non-ortho nitro benzene ring substituents is 1. The van der Waals surface area contributed by atoms with Crippen LogP contribution in [-0.2, 0) is 6.54 Å². The maximum Gasteiger partial charge on any atom is 0.289 e. The molecule has 30 heavy (non-hydrogen) atoms. The van der Waals surface area contributed by atoms with Crippen LogP contribution in [0.4, 0.5) is 5.69 Å². The third-order valence-corrected chi connectivity index (χ3v) is 4.69. The summed E-state index contributed by atoms with van der Waals surface area (Å²) in [7, 11) is 0. The number of aliphatic imine (C=N–C) groups is 1. The topological polar surface area (TPSA) is 104 Å². The van der Waals surface area contributed by atoms with Crippen LogP contribution in [-0.4, -0.2) is 59.3 Å². The number of halogens is 1. The Balaban J connectivity index is 0.00000320. The minimum Gasteiger partial charge on any atom is -0.459 e. The number of nitro groups is 1. The maximum absolute atomic E-state index is 12.4. The standard InChI is InChI=1S/C20H25N5O4.HI/c1-2-9-21-20(22-15-16-5-7-17(8-6-16)25(27)28)24-12-10-23(11-13-24)19(26)18-4-3-14-29-18;/h3-8,14H,2,9-13,15H2,1H3,(H,21,22);1H. The molecule has 0 saturated carbocycles. The zero-order valence-electron chi connectivity index (χ0n) is 16.8. The quantitative estimate of drug-likeness (QED) is 0.204. The Hall–Kier alpha value is -2.63. The van der Waals surface area contributed by atoms with Crippen molar-refractivity contribution in [3.05, 3.63) is 64.1 Å². The minimum absolute atomic E-state index is 0. The molecule has 1 aliphatic heterocycles. The first kappa shape index (κ1) is 23.6. The highest BCUT2D eigenvalue weighted by Crippen LogP contribution is 2.13. The normalized spacial score (nSPS) is 14.2. The minimum atomic E-state index is -0.412. The monoisotopic (exact) mass is 527 g/mol. The molecule has 1 aromatic carbocycles. The van der Waals surface area contributed by atoms with Gasteiger partial charge in [-0.3, -0.25) is 14.9 Å². The second kappa shape index (κ2) is 11.5. The Bertz CT molecular complexity index is 847. The SMILES string of the molecule is CCCNC(=NCc1ccc([N+](=O)[O-])cc1)N1CCN(C(=O)c2ccco2)CC1.I. The number of furan rings is 1. The number of guanidine groups is 1. The zero-order valence-corrected chi connectivity index (χ0v) is 19.2. The Morgan fingerprint density at radius 1 is 1.17 bits per heavy atom. The smallest absolute Gasteiger partial charge is 0.289 e. The van der Waals surface area contributed by atoms with Gasteiger partial charge in [0.2, 0.25) is 0 Å². The number of piperazine rings is 1. The van der Waals surface area contributed by atoms with Crippen molar-refractivity contribution >= 4 is 41.5 Å². The molecule has 9 nitrogen and oxygen atoms in total. The number of carbonyl (C=O) groups is 1.